The first-order chi connectivity index (χ1) is 19.0. The molecular weight excluding hydrogens is 496 g/mol. The van der Waals surface area contributed by atoms with Crippen LogP contribution in [0.25, 0.3) is 0 Å². The Hall–Kier alpha value is -2.31. The second-order valence-electron chi connectivity index (χ2n) is 10.4. The summed E-state index contributed by atoms with van der Waals surface area (Å²) in [4.78, 5) is 11.7. The Bertz CT molecular complexity index is 779. The number of benzene rings is 1. The number of unbranched alkanes of at least 4 members (excludes halogenated alkanes) is 13. The third-order valence-electron chi connectivity index (χ3n) is 6.84. The summed E-state index contributed by atoms with van der Waals surface area (Å²) in [6, 6.07) is 0. The third kappa shape index (κ3) is 14.1. The summed E-state index contributed by atoms with van der Waals surface area (Å²) in [7, 11) is 0. The van der Waals surface area contributed by atoms with E-state index in [1.807, 2.05) is 0 Å². The molecule has 0 aliphatic heterocycles. The van der Waals surface area contributed by atoms with Gasteiger partial charge >= 0.3 is 6.16 Å². The molecule has 0 atom stereocenters. The Kier molecular flexibility index (Phi) is 20.0. The first-order valence-corrected chi connectivity index (χ1v) is 15.7. The van der Waals surface area contributed by atoms with Crippen LogP contribution in [0.2, 0.25) is 0 Å². The van der Waals surface area contributed by atoms with Gasteiger partial charge in [-0.05, 0) is 32.1 Å². The minimum atomic E-state index is -1.48. The minimum absolute atomic E-state index is 0.0951. The van der Waals surface area contributed by atoms with Gasteiger partial charge < -0.3 is 29.2 Å². The Morgan fingerprint density at radius 2 is 0.949 bits per heavy atom. The molecule has 0 amide bonds. The summed E-state index contributed by atoms with van der Waals surface area (Å²) in [6.07, 6.45) is 17.0. The van der Waals surface area contributed by atoms with E-state index in [1.54, 1.807) is 0 Å². The highest BCUT2D eigenvalue weighted by molar-refractivity contribution is 5.73. The van der Waals surface area contributed by atoms with E-state index in [0.29, 0.717) is 43.3 Å². The van der Waals surface area contributed by atoms with Crippen molar-refractivity contribution in [3.63, 3.8) is 0 Å². The molecule has 0 aromatic heterocycles. The number of hydrogen-bond acceptors (Lipinski definition) is 6. The number of phenols is 1. The van der Waals surface area contributed by atoms with Crippen molar-refractivity contribution in [3.05, 3.63) is 5.56 Å². The Morgan fingerprint density at radius 1 is 0.538 bits per heavy atom. The smallest absolute Gasteiger partial charge is 0.502 e. The highest BCUT2D eigenvalue weighted by atomic mass is 16.7. The fourth-order valence-electron chi connectivity index (χ4n) is 4.55. The Morgan fingerprint density at radius 3 is 1.44 bits per heavy atom. The zero-order chi connectivity index (χ0) is 28.7. The van der Waals surface area contributed by atoms with Crippen LogP contribution in [0.1, 0.15) is 142 Å². The van der Waals surface area contributed by atoms with Gasteiger partial charge in [-0.3, -0.25) is 0 Å². The van der Waals surface area contributed by atoms with E-state index in [-0.39, 0.29) is 17.2 Å². The number of ether oxygens (including phenoxy) is 4. The van der Waals surface area contributed by atoms with E-state index in [9.17, 15) is 15.0 Å². The molecule has 0 fully saturated rings. The van der Waals surface area contributed by atoms with Crippen molar-refractivity contribution < 1.29 is 34.0 Å². The zero-order valence-corrected chi connectivity index (χ0v) is 25.3. The topological polar surface area (TPSA) is 94.5 Å². The molecule has 0 saturated carbocycles. The van der Waals surface area contributed by atoms with Crippen LogP contribution < -0.4 is 18.9 Å². The summed E-state index contributed by atoms with van der Waals surface area (Å²) in [5, 5.41) is 20.8. The summed E-state index contributed by atoms with van der Waals surface area (Å²) in [6.45, 7) is 9.91. The van der Waals surface area contributed by atoms with Crippen LogP contribution in [-0.4, -0.2) is 36.2 Å². The van der Waals surface area contributed by atoms with Crippen molar-refractivity contribution in [1.29, 1.82) is 0 Å². The largest absolute Gasteiger partial charge is 0.511 e. The second-order valence-corrected chi connectivity index (χ2v) is 10.4. The van der Waals surface area contributed by atoms with Gasteiger partial charge in [-0.1, -0.05) is 111 Å². The van der Waals surface area contributed by atoms with E-state index in [0.717, 1.165) is 77.0 Å². The van der Waals surface area contributed by atoms with Crippen molar-refractivity contribution in [2.24, 2.45) is 0 Å². The molecule has 0 radical (unpaired) electrons. The molecule has 1 rings (SSSR count). The molecule has 0 bridgehead atoms. The lowest BCUT2D eigenvalue weighted by atomic mass is 10.0. The fourth-order valence-corrected chi connectivity index (χ4v) is 4.55. The number of carboxylic acid groups (broad SMARTS) is 1. The van der Waals surface area contributed by atoms with Gasteiger partial charge in [0.05, 0.1) is 19.8 Å². The number of phenolic OH excluding ortho intramolecular Hbond substituents is 1. The number of hydrogen-bond donors (Lipinski definition) is 2. The van der Waals surface area contributed by atoms with Gasteiger partial charge in [-0.25, -0.2) is 4.79 Å². The normalized spacial score (nSPS) is 11.0. The first kappa shape index (κ1) is 34.7. The Balaban J connectivity index is 3.35. The Labute approximate surface area is 237 Å². The molecule has 0 aliphatic rings. The molecule has 0 saturated heterocycles. The zero-order valence-electron chi connectivity index (χ0n) is 25.3. The van der Waals surface area contributed by atoms with E-state index < -0.39 is 6.16 Å². The summed E-state index contributed by atoms with van der Waals surface area (Å²) < 4.78 is 23.8. The minimum Gasteiger partial charge on any atom is -0.502 e. The van der Waals surface area contributed by atoms with E-state index in [4.69, 9.17) is 18.9 Å². The quantitative estimate of drug-likeness (QED) is 0.0708. The van der Waals surface area contributed by atoms with E-state index in [2.05, 4.69) is 27.7 Å². The van der Waals surface area contributed by atoms with Crippen LogP contribution in [-0.2, 0) is 6.42 Å². The van der Waals surface area contributed by atoms with Crippen LogP contribution in [0.4, 0.5) is 4.79 Å². The second kappa shape index (κ2) is 22.5. The SMILES string of the molecule is CCCCCCCCCCc1c(OC(=O)O)c(O)c(OCCCCC)c(OCCCCC)c1OCCCCC. The highest BCUT2D eigenvalue weighted by Gasteiger charge is 2.30. The molecule has 1 aromatic carbocycles. The molecule has 0 heterocycles. The predicted molar refractivity (Wildman–Crippen MR) is 158 cm³/mol. The van der Waals surface area contributed by atoms with Gasteiger partial charge in [-0.15, -0.1) is 0 Å². The molecule has 0 unspecified atom stereocenters. The van der Waals surface area contributed by atoms with Crippen molar-refractivity contribution in [2.45, 2.75) is 143 Å². The van der Waals surface area contributed by atoms with Gasteiger partial charge in [-0.2, -0.15) is 0 Å². The third-order valence-corrected chi connectivity index (χ3v) is 6.84. The molecule has 0 aliphatic carbocycles. The van der Waals surface area contributed by atoms with Crippen LogP contribution in [0.3, 0.4) is 0 Å². The van der Waals surface area contributed by atoms with Crippen molar-refractivity contribution in [2.75, 3.05) is 19.8 Å². The number of carbonyl (C=O) groups is 1. The molecule has 1 aromatic rings. The standard InChI is InChI=1S/C32H56O7/c1-5-9-13-14-15-16-17-18-22-26-28(39-32(34)35)27(33)30(37-24-20-11-7-3)31(38-25-21-12-8-4)29(26)36-23-19-10-6-2/h33H,5-25H2,1-4H3,(H,34,35). The van der Waals surface area contributed by atoms with Crippen molar-refractivity contribution >= 4 is 6.16 Å². The molecule has 2 N–H and O–H groups in total. The first-order valence-electron chi connectivity index (χ1n) is 15.7. The summed E-state index contributed by atoms with van der Waals surface area (Å²) in [5.74, 6) is 0.509. The van der Waals surface area contributed by atoms with Gasteiger partial charge in [0, 0.05) is 5.56 Å². The lowest BCUT2D eigenvalue weighted by Gasteiger charge is -2.23. The number of aromatic hydroxyl groups is 1. The van der Waals surface area contributed by atoms with Crippen LogP contribution in [0, 0.1) is 0 Å². The van der Waals surface area contributed by atoms with Gasteiger partial charge in [0.15, 0.2) is 11.5 Å². The molecule has 226 valence electrons. The van der Waals surface area contributed by atoms with Crippen molar-refractivity contribution in [1.82, 2.24) is 0 Å². The highest BCUT2D eigenvalue weighted by Crippen LogP contribution is 2.54. The monoisotopic (exact) mass is 552 g/mol. The van der Waals surface area contributed by atoms with E-state index in [1.165, 1.54) is 32.1 Å². The van der Waals surface area contributed by atoms with Crippen LogP contribution >= 0.6 is 0 Å². The molecule has 7 heteroatoms. The number of rotatable bonds is 25. The van der Waals surface area contributed by atoms with Crippen LogP contribution in [0.15, 0.2) is 0 Å². The molecular formula is C32H56O7. The van der Waals surface area contributed by atoms with Gasteiger partial charge in [0.1, 0.15) is 0 Å². The van der Waals surface area contributed by atoms with Gasteiger partial charge in [0.2, 0.25) is 17.2 Å². The molecule has 7 nitrogen and oxygen atoms in total. The van der Waals surface area contributed by atoms with Crippen molar-refractivity contribution in [3.8, 4) is 28.7 Å². The lowest BCUT2D eigenvalue weighted by molar-refractivity contribution is 0.141. The maximum Gasteiger partial charge on any atom is 0.511 e. The maximum absolute atomic E-state index is 11.7. The average Bonchev–Trinajstić information content (AvgIpc) is 2.92. The fraction of sp³-hybridized carbons (Fsp3) is 0.781. The summed E-state index contributed by atoms with van der Waals surface area (Å²) >= 11 is 0. The van der Waals surface area contributed by atoms with E-state index >= 15 is 0 Å². The van der Waals surface area contributed by atoms with Gasteiger partial charge in [0.25, 0.3) is 0 Å². The summed E-state index contributed by atoms with van der Waals surface area (Å²) in [5.41, 5.74) is 0.545. The van der Waals surface area contributed by atoms with Crippen LogP contribution in [0.5, 0.6) is 28.7 Å². The maximum atomic E-state index is 11.7. The average molecular weight is 553 g/mol. The molecule has 0 spiro atoms. The predicted octanol–water partition coefficient (Wildman–Crippen LogP) is 9.84. The molecule has 39 heavy (non-hydrogen) atoms. The lowest BCUT2D eigenvalue weighted by Crippen LogP contribution is -2.12.